The maximum absolute atomic E-state index is 11.8. The van der Waals surface area contributed by atoms with Crippen LogP contribution in [0, 0.1) is 6.92 Å². The Morgan fingerprint density at radius 1 is 0.932 bits per heavy atom. The highest BCUT2D eigenvalue weighted by molar-refractivity contribution is 6.31. The summed E-state index contributed by atoms with van der Waals surface area (Å²) in [6, 6.07) is 16.4. The van der Waals surface area contributed by atoms with E-state index in [4.69, 9.17) is 33.2 Å². The van der Waals surface area contributed by atoms with Gasteiger partial charge < -0.3 is 9.80 Å². The van der Waals surface area contributed by atoms with Crippen LogP contribution in [0.15, 0.2) is 93.9 Å². The quantitative estimate of drug-likeness (QED) is 0.181. The van der Waals surface area contributed by atoms with Crippen molar-refractivity contribution in [1.29, 1.82) is 0 Å². The second kappa shape index (κ2) is 16.7. The summed E-state index contributed by atoms with van der Waals surface area (Å²) in [5.41, 5.74) is 3.26. The number of rotatable bonds is 8. The highest BCUT2D eigenvalue weighted by Gasteiger charge is 2.25. The first-order valence-electron chi connectivity index (χ1n) is 15.3. The van der Waals surface area contributed by atoms with E-state index in [9.17, 15) is 4.79 Å². The van der Waals surface area contributed by atoms with E-state index in [1.54, 1.807) is 6.92 Å². The Morgan fingerprint density at radius 2 is 1.59 bits per heavy atom. The van der Waals surface area contributed by atoms with Gasteiger partial charge in [0, 0.05) is 69.3 Å². The number of carbonyl (C=O) groups is 1. The van der Waals surface area contributed by atoms with Crippen LogP contribution >= 0.6 is 23.2 Å². The van der Waals surface area contributed by atoms with Crippen molar-refractivity contribution in [1.82, 2.24) is 19.6 Å². The van der Waals surface area contributed by atoms with Crippen molar-refractivity contribution >= 4 is 46.5 Å². The minimum atomic E-state index is 0.106. The Kier molecular flexibility index (Phi) is 12.8. The molecule has 1 amide bonds. The predicted molar refractivity (Wildman–Crippen MR) is 185 cm³/mol. The third-order valence-corrected chi connectivity index (χ3v) is 8.59. The lowest BCUT2D eigenvalue weighted by atomic mass is 10.0. The maximum atomic E-state index is 11.8. The third-order valence-electron chi connectivity index (χ3n) is 8.09. The Balaban J connectivity index is 1.49. The van der Waals surface area contributed by atoms with Crippen molar-refractivity contribution in [3.8, 4) is 0 Å². The summed E-state index contributed by atoms with van der Waals surface area (Å²) in [5, 5.41) is 1.43. The first kappa shape index (κ1) is 33.7. The zero-order chi connectivity index (χ0) is 31.5. The third kappa shape index (κ3) is 9.89. The molecule has 2 aromatic rings. The van der Waals surface area contributed by atoms with Crippen molar-refractivity contribution in [3.63, 3.8) is 0 Å². The molecular formula is C35H44Cl2N6O. The monoisotopic (exact) mass is 634 g/mol. The zero-order valence-electron chi connectivity index (χ0n) is 26.3. The molecule has 0 spiro atoms. The summed E-state index contributed by atoms with van der Waals surface area (Å²) in [5.74, 6) is 1.87. The molecule has 0 aliphatic carbocycles. The smallest absolute Gasteiger partial charge is 0.219 e. The van der Waals surface area contributed by atoms with Crippen LogP contribution < -0.4 is 0 Å². The van der Waals surface area contributed by atoms with Crippen LogP contribution in [0.1, 0.15) is 37.9 Å². The second-order valence-corrected chi connectivity index (χ2v) is 12.1. The first-order valence-corrected chi connectivity index (χ1v) is 16.1. The molecular weight excluding hydrogens is 591 g/mol. The minimum Gasteiger partial charge on any atom is -0.357 e. The van der Waals surface area contributed by atoms with Crippen molar-refractivity contribution in [3.05, 3.63) is 100 Å². The average molecular weight is 636 g/mol. The number of halogens is 2. The van der Waals surface area contributed by atoms with Gasteiger partial charge >= 0.3 is 0 Å². The largest absolute Gasteiger partial charge is 0.357 e. The number of aryl methyl sites for hydroxylation is 1. The Morgan fingerprint density at radius 3 is 2.23 bits per heavy atom. The van der Waals surface area contributed by atoms with E-state index in [2.05, 4.69) is 52.8 Å². The normalized spacial score (nSPS) is 18.9. The SMILES string of the molecule is C\C=C/C(Cl)=C\C=C\C(c1ccc(Cl)cc1)N1CCN(CC(=Nc2ccccc2C)N=C(C)N2CCN(C(C)=O)CC2)CC1. The van der Waals surface area contributed by atoms with Crippen molar-refractivity contribution in [2.75, 3.05) is 58.9 Å². The fraction of sp³-hybridized carbons (Fsp3) is 0.400. The van der Waals surface area contributed by atoms with Gasteiger partial charge in [0.25, 0.3) is 0 Å². The summed E-state index contributed by atoms with van der Waals surface area (Å²) in [7, 11) is 0. The number of para-hydroxylation sites is 1. The van der Waals surface area contributed by atoms with Crippen LogP contribution in [-0.2, 0) is 4.79 Å². The van der Waals surface area contributed by atoms with E-state index in [1.807, 2.05) is 66.5 Å². The van der Waals surface area contributed by atoms with Gasteiger partial charge in [-0.2, -0.15) is 0 Å². The fourth-order valence-electron chi connectivity index (χ4n) is 5.50. The first-order chi connectivity index (χ1) is 21.2. The summed E-state index contributed by atoms with van der Waals surface area (Å²) < 4.78 is 0. The van der Waals surface area contributed by atoms with E-state index in [-0.39, 0.29) is 11.9 Å². The van der Waals surface area contributed by atoms with E-state index in [1.165, 1.54) is 5.56 Å². The topological polar surface area (TPSA) is 54.8 Å². The molecule has 2 aromatic carbocycles. The van der Waals surface area contributed by atoms with Gasteiger partial charge in [0.2, 0.25) is 5.91 Å². The number of benzene rings is 2. The molecule has 1 atom stereocenters. The Bertz CT molecular complexity index is 1400. The molecule has 2 saturated heterocycles. The van der Waals surface area contributed by atoms with Crippen LogP contribution in [-0.4, -0.2) is 96.1 Å². The number of carbonyl (C=O) groups excluding carboxylic acids is 1. The molecule has 0 saturated carbocycles. The molecule has 44 heavy (non-hydrogen) atoms. The summed E-state index contributed by atoms with van der Waals surface area (Å²) in [6.07, 6.45) is 9.98. The fourth-order valence-corrected chi connectivity index (χ4v) is 5.82. The summed E-state index contributed by atoms with van der Waals surface area (Å²) in [4.78, 5) is 31.0. The number of aliphatic imine (C=N–C) groups is 2. The predicted octanol–water partition coefficient (Wildman–Crippen LogP) is 6.87. The molecule has 0 radical (unpaired) electrons. The van der Waals surface area contributed by atoms with Crippen molar-refractivity contribution in [2.45, 2.75) is 33.7 Å². The average Bonchev–Trinajstić information content (AvgIpc) is 3.02. The lowest BCUT2D eigenvalue weighted by molar-refractivity contribution is -0.130. The van der Waals surface area contributed by atoms with Gasteiger partial charge in [-0.25, -0.2) is 9.98 Å². The molecule has 234 valence electrons. The molecule has 9 heteroatoms. The molecule has 2 aliphatic heterocycles. The summed E-state index contributed by atoms with van der Waals surface area (Å²) in [6.45, 7) is 15.0. The molecule has 2 fully saturated rings. The van der Waals surface area contributed by atoms with Crippen LogP contribution in [0.2, 0.25) is 5.02 Å². The molecule has 0 N–H and O–H groups in total. The highest BCUT2D eigenvalue weighted by atomic mass is 35.5. The number of nitrogens with zero attached hydrogens (tertiary/aromatic N) is 6. The van der Waals surface area contributed by atoms with Gasteiger partial charge in [-0.05, 0) is 62.2 Å². The standard InChI is InChI=1S/C35H44Cl2N6O/c1-5-9-31(36)11-8-13-34(30-14-16-32(37)17-15-30)43-20-18-40(19-21-43)26-35(39-33-12-7-6-10-27(33)2)38-28(3)41-22-24-42(25-23-41)29(4)44/h5-17,34H,18-26H2,1-4H3/b9-5-,13-8+,31-11+,38-28?,39-35?. The van der Waals surface area contributed by atoms with Crippen LogP contribution in [0.3, 0.4) is 0 Å². The maximum Gasteiger partial charge on any atom is 0.219 e. The number of hydrogen-bond acceptors (Lipinski definition) is 4. The molecule has 0 bridgehead atoms. The van der Waals surface area contributed by atoms with Crippen molar-refractivity contribution < 1.29 is 4.79 Å². The molecule has 4 rings (SSSR count). The van der Waals surface area contributed by atoms with Gasteiger partial charge in [-0.3, -0.25) is 14.6 Å². The van der Waals surface area contributed by atoms with Crippen molar-refractivity contribution in [2.24, 2.45) is 9.98 Å². The van der Waals surface area contributed by atoms with E-state index < -0.39 is 0 Å². The second-order valence-electron chi connectivity index (χ2n) is 11.2. The molecule has 0 aromatic heterocycles. The van der Waals surface area contributed by atoms with Gasteiger partial charge in [-0.15, -0.1) is 0 Å². The number of allylic oxidation sites excluding steroid dienone is 5. The number of amidine groups is 2. The number of hydrogen-bond donors (Lipinski definition) is 0. The van der Waals surface area contributed by atoms with E-state index in [0.717, 1.165) is 80.3 Å². The summed E-state index contributed by atoms with van der Waals surface area (Å²) >= 11 is 12.5. The molecule has 2 aliphatic rings. The lowest BCUT2D eigenvalue weighted by Gasteiger charge is -2.38. The van der Waals surface area contributed by atoms with Crippen LogP contribution in [0.4, 0.5) is 5.69 Å². The number of piperazine rings is 2. The van der Waals surface area contributed by atoms with E-state index >= 15 is 0 Å². The minimum absolute atomic E-state index is 0.106. The molecule has 1 unspecified atom stereocenters. The van der Waals surface area contributed by atoms with Gasteiger partial charge in [0.15, 0.2) is 0 Å². The molecule has 2 heterocycles. The number of amides is 1. The van der Waals surface area contributed by atoms with E-state index in [0.29, 0.717) is 11.6 Å². The highest BCUT2D eigenvalue weighted by Crippen LogP contribution is 2.26. The van der Waals surface area contributed by atoms with Gasteiger partial charge in [0.05, 0.1) is 18.3 Å². The Labute approximate surface area is 272 Å². The lowest BCUT2D eigenvalue weighted by Crippen LogP contribution is -2.50. The zero-order valence-corrected chi connectivity index (χ0v) is 27.8. The van der Waals surface area contributed by atoms with Gasteiger partial charge in [0.1, 0.15) is 11.7 Å². The van der Waals surface area contributed by atoms with Crippen LogP contribution in [0.5, 0.6) is 0 Å². The van der Waals surface area contributed by atoms with Crippen LogP contribution in [0.25, 0.3) is 0 Å². The Hall–Kier alpha value is -3.23. The van der Waals surface area contributed by atoms with Gasteiger partial charge in [-0.1, -0.05) is 71.8 Å². The molecule has 7 nitrogen and oxygen atoms in total.